The molecule has 1 unspecified atom stereocenters. The summed E-state index contributed by atoms with van der Waals surface area (Å²) in [4.78, 5) is 10.7. The van der Waals surface area contributed by atoms with Gasteiger partial charge in [0.25, 0.3) is 0 Å². The minimum Gasteiger partial charge on any atom is -0.293 e. The van der Waals surface area contributed by atoms with Crippen molar-refractivity contribution < 1.29 is 4.39 Å². The highest BCUT2D eigenvalue weighted by molar-refractivity contribution is 5.40. The molecule has 0 spiro atoms. The lowest BCUT2D eigenvalue weighted by Gasteiger charge is -2.40. The van der Waals surface area contributed by atoms with Crippen molar-refractivity contribution in [2.24, 2.45) is 0 Å². The van der Waals surface area contributed by atoms with Gasteiger partial charge in [0.2, 0.25) is 0 Å². The molecule has 3 nitrogen and oxygen atoms in total. The molecule has 1 aromatic carbocycles. The maximum absolute atomic E-state index is 17.1. The highest BCUT2D eigenvalue weighted by Crippen LogP contribution is 2.48. The zero-order valence-corrected chi connectivity index (χ0v) is 14.6. The van der Waals surface area contributed by atoms with Crippen LogP contribution in [0.4, 0.5) is 4.39 Å². The second kappa shape index (κ2) is 7.34. The Labute approximate surface area is 153 Å². The van der Waals surface area contributed by atoms with Crippen LogP contribution in [0, 0.1) is 0 Å². The van der Waals surface area contributed by atoms with Crippen LogP contribution in [0.25, 0.3) is 0 Å². The Kier molecular flexibility index (Phi) is 4.76. The van der Waals surface area contributed by atoms with Crippen LogP contribution >= 0.6 is 0 Å². The van der Waals surface area contributed by atoms with Crippen LogP contribution in [-0.4, -0.2) is 28.0 Å². The van der Waals surface area contributed by atoms with E-state index in [1.54, 1.807) is 36.9 Å². The molecule has 1 saturated heterocycles. The van der Waals surface area contributed by atoms with Crippen molar-refractivity contribution >= 4 is 0 Å². The molecule has 3 aromatic rings. The first-order valence-electron chi connectivity index (χ1n) is 9.09. The third kappa shape index (κ3) is 3.01. The van der Waals surface area contributed by atoms with Gasteiger partial charge in [-0.2, -0.15) is 0 Å². The average Bonchev–Trinajstić information content (AvgIpc) is 3.24. The molecule has 1 atom stereocenters. The summed E-state index contributed by atoms with van der Waals surface area (Å²) in [5.41, 5.74) is 0.376. The molecule has 132 valence electrons. The fraction of sp³-hybridized carbons (Fsp3) is 0.273. The van der Waals surface area contributed by atoms with Gasteiger partial charge in [-0.1, -0.05) is 42.5 Å². The van der Waals surface area contributed by atoms with Gasteiger partial charge in [-0.3, -0.25) is 14.9 Å². The Hall–Kier alpha value is -2.59. The van der Waals surface area contributed by atoms with Gasteiger partial charge in [-0.25, -0.2) is 4.39 Å². The Bertz CT molecular complexity index is 778. The molecule has 4 rings (SSSR count). The smallest absolute Gasteiger partial charge is 0.183 e. The van der Waals surface area contributed by atoms with Crippen molar-refractivity contribution in [3.8, 4) is 0 Å². The molecular weight excluding hydrogens is 325 g/mol. The first-order chi connectivity index (χ1) is 12.8. The molecular formula is C22H22FN3. The molecule has 3 heterocycles. The number of rotatable bonds is 5. The summed E-state index contributed by atoms with van der Waals surface area (Å²) in [5.74, 6) is 0. The number of likely N-dealkylation sites (tertiary alicyclic amines) is 1. The third-order valence-electron chi connectivity index (χ3n) is 5.16. The third-order valence-corrected chi connectivity index (χ3v) is 5.16. The number of hydrogen-bond acceptors (Lipinski definition) is 3. The van der Waals surface area contributed by atoms with E-state index in [1.807, 2.05) is 42.5 Å². The van der Waals surface area contributed by atoms with E-state index in [0.29, 0.717) is 11.1 Å². The number of nitrogens with zero attached hydrogens (tertiary/aromatic N) is 3. The first kappa shape index (κ1) is 16.9. The predicted molar refractivity (Wildman–Crippen MR) is 100 cm³/mol. The van der Waals surface area contributed by atoms with Crippen LogP contribution in [0.5, 0.6) is 0 Å². The van der Waals surface area contributed by atoms with E-state index in [1.165, 1.54) is 0 Å². The number of alkyl halides is 1. The average molecular weight is 347 g/mol. The summed E-state index contributed by atoms with van der Waals surface area (Å²) in [6.07, 6.45) is 8.83. The molecule has 1 aliphatic heterocycles. The summed E-state index contributed by atoms with van der Waals surface area (Å²) >= 11 is 0. The molecule has 1 aliphatic rings. The van der Waals surface area contributed by atoms with Crippen molar-refractivity contribution in [1.82, 2.24) is 14.9 Å². The number of halogens is 1. The summed E-state index contributed by atoms with van der Waals surface area (Å²) in [7, 11) is 0. The van der Waals surface area contributed by atoms with Crippen molar-refractivity contribution in [1.29, 1.82) is 0 Å². The van der Waals surface area contributed by atoms with Gasteiger partial charge in [0.1, 0.15) is 0 Å². The lowest BCUT2D eigenvalue weighted by Crippen LogP contribution is -2.41. The van der Waals surface area contributed by atoms with Gasteiger partial charge in [0.05, 0.1) is 6.04 Å². The van der Waals surface area contributed by atoms with Crippen LogP contribution in [0.3, 0.4) is 0 Å². The molecule has 0 amide bonds. The van der Waals surface area contributed by atoms with Crippen LogP contribution in [0.15, 0.2) is 79.4 Å². The molecule has 2 aromatic heterocycles. The van der Waals surface area contributed by atoms with E-state index in [4.69, 9.17) is 0 Å². The molecule has 0 aliphatic carbocycles. The summed E-state index contributed by atoms with van der Waals surface area (Å²) < 4.78 is 17.1. The van der Waals surface area contributed by atoms with Gasteiger partial charge in [-0.15, -0.1) is 0 Å². The number of benzene rings is 1. The normalized spacial score (nSPS) is 16.5. The van der Waals surface area contributed by atoms with Crippen molar-refractivity contribution in [3.05, 3.63) is 96.1 Å². The molecule has 4 heteroatoms. The zero-order valence-electron chi connectivity index (χ0n) is 14.6. The maximum Gasteiger partial charge on any atom is 0.183 e. The van der Waals surface area contributed by atoms with E-state index in [-0.39, 0.29) is 0 Å². The van der Waals surface area contributed by atoms with Crippen LogP contribution < -0.4 is 0 Å². The van der Waals surface area contributed by atoms with E-state index in [9.17, 15) is 0 Å². The van der Waals surface area contributed by atoms with Crippen LogP contribution in [-0.2, 0) is 5.67 Å². The fourth-order valence-electron chi connectivity index (χ4n) is 3.97. The molecule has 0 N–H and O–H groups in total. The summed E-state index contributed by atoms with van der Waals surface area (Å²) in [6, 6.07) is 16.8. The van der Waals surface area contributed by atoms with Crippen molar-refractivity contribution in [3.63, 3.8) is 0 Å². The van der Waals surface area contributed by atoms with Gasteiger partial charge in [0.15, 0.2) is 5.67 Å². The summed E-state index contributed by atoms with van der Waals surface area (Å²) in [6.45, 7) is 1.79. The standard InChI is InChI=1S/C22H22FN3/c23-22(19-10-6-12-24-16-19,20-11-7-13-25-17-20)21(26-14-4-5-15-26)18-8-2-1-3-9-18/h1-3,6-13,16-17,21H,4-5,14-15H2. The molecule has 0 radical (unpaired) electrons. The quantitative estimate of drug-likeness (QED) is 0.679. The predicted octanol–water partition coefficient (Wildman–Crippen LogP) is 4.53. The Morgan fingerprint density at radius 3 is 1.88 bits per heavy atom. The maximum atomic E-state index is 17.1. The SMILES string of the molecule is FC(c1cccnc1)(c1cccnc1)C(c1ccccc1)N1CCCC1. The lowest BCUT2D eigenvalue weighted by atomic mass is 9.79. The Balaban J connectivity index is 1.93. The van der Waals surface area contributed by atoms with Crippen molar-refractivity contribution in [2.75, 3.05) is 13.1 Å². The highest BCUT2D eigenvalue weighted by Gasteiger charge is 2.47. The van der Waals surface area contributed by atoms with E-state index >= 15 is 4.39 Å². The fourth-order valence-corrected chi connectivity index (χ4v) is 3.97. The number of aromatic nitrogens is 2. The summed E-state index contributed by atoms with van der Waals surface area (Å²) in [5, 5.41) is 0. The first-order valence-corrected chi connectivity index (χ1v) is 9.09. The number of hydrogen-bond donors (Lipinski definition) is 0. The minimum atomic E-state index is -1.73. The lowest BCUT2D eigenvalue weighted by molar-refractivity contribution is 0.0644. The van der Waals surface area contributed by atoms with Gasteiger partial charge >= 0.3 is 0 Å². The molecule has 0 saturated carbocycles. The van der Waals surface area contributed by atoms with E-state index in [2.05, 4.69) is 14.9 Å². The molecule has 0 bridgehead atoms. The zero-order chi connectivity index (χ0) is 17.8. The van der Waals surface area contributed by atoms with Crippen LogP contribution in [0.1, 0.15) is 35.6 Å². The highest BCUT2D eigenvalue weighted by atomic mass is 19.1. The molecule has 1 fully saturated rings. The van der Waals surface area contributed by atoms with Gasteiger partial charge in [-0.05, 0) is 43.6 Å². The Morgan fingerprint density at radius 1 is 0.808 bits per heavy atom. The molecule has 26 heavy (non-hydrogen) atoms. The van der Waals surface area contributed by atoms with E-state index in [0.717, 1.165) is 31.5 Å². The topological polar surface area (TPSA) is 29.0 Å². The van der Waals surface area contributed by atoms with E-state index < -0.39 is 11.7 Å². The number of pyridine rings is 2. The van der Waals surface area contributed by atoms with Crippen LogP contribution in [0.2, 0.25) is 0 Å². The second-order valence-corrected chi connectivity index (χ2v) is 6.75. The largest absolute Gasteiger partial charge is 0.293 e. The minimum absolute atomic E-state index is 0.417. The van der Waals surface area contributed by atoms with Gasteiger partial charge in [0, 0.05) is 35.9 Å². The van der Waals surface area contributed by atoms with Crippen molar-refractivity contribution in [2.45, 2.75) is 24.6 Å². The Morgan fingerprint density at radius 2 is 1.38 bits per heavy atom. The van der Waals surface area contributed by atoms with Gasteiger partial charge < -0.3 is 0 Å². The monoisotopic (exact) mass is 347 g/mol. The second-order valence-electron chi connectivity index (χ2n) is 6.75.